The maximum Gasteiger partial charge on any atom is 0.248 e. The first kappa shape index (κ1) is 13.7. The summed E-state index contributed by atoms with van der Waals surface area (Å²) in [6, 6.07) is 6.30. The van der Waals surface area contributed by atoms with E-state index in [-0.39, 0.29) is 24.0 Å². The molecule has 0 atom stereocenters. The van der Waals surface area contributed by atoms with Crippen molar-refractivity contribution in [2.45, 2.75) is 13.8 Å². The van der Waals surface area contributed by atoms with Crippen LogP contribution in [0.2, 0.25) is 0 Å². The number of halogens is 1. The predicted molar refractivity (Wildman–Crippen MR) is 61.1 cm³/mol. The van der Waals surface area contributed by atoms with Gasteiger partial charge in [0.05, 0.1) is 18.7 Å². The van der Waals surface area contributed by atoms with Gasteiger partial charge in [0.25, 0.3) is 0 Å². The summed E-state index contributed by atoms with van der Waals surface area (Å²) in [4.78, 5) is 0. The van der Waals surface area contributed by atoms with Crippen LogP contribution in [0, 0.1) is 25.2 Å². The molecule has 0 unspecified atom stereocenters. The van der Waals surface area contributed by atoms with Crippen molar-refractivity contribution in [3.8, 4) is 11.8 Å². The van der Waals surface area contributed by atoms with E-state index >= 15 is 0 Å². The summed E-state index contributed by atoms with van der Waals surface area (Å²) >= 11 is 0. The highest BCUT2D eigenvalue weighted by Crippen LogP contribution is 2.18. The molecule has 88 valence electrons. The summed E-state index contributed by atoms with van der Waals surface area (Å²) in [6.45, 7) is 3.94. The van der Waals surface area contributed by atoms with Gasteiger partial charge in [-0.15, -0.1) is 0 Å². The molecule has 1 heterocycles. The van der Waals surface area contributed by atoms with Crippen LogP contribution in [0.3, 0.4) is 0 Å². The Hall–Kier alpha value is -1.35. The van der Waals surface area contributed by atoms with Gasteiger partial charge in [0.15, 0.2) is 0 Å². The van der Waals surface area contributed by atoms with Crippen molar-refractivity contribution in [1.29, 1.82) is 5.26 Å². The van der Waals surface area contributed by atoms with Crippen LogP contribution in [0.1, 0.15) is 16.7 Å². The Bertz CT molecular complexity index is 556. The number of rotatable bonds is 1. The van der Waals surface area contributed by atoms with E-state index < -0.39 is 0 Å². The molecule has 0 saturated heterocycles. The molecular weight excluding hydrogens is 325 g/mol. The molecule has 0 amide bonds. The summed E-state index contributed by atoms with van der Waals surface area (Å²) in [5.41, 5.74) is 3.91. The number of imidazole rings is 1. The van der Waals surface area contributed by atoms with Gasteiger partial charge in [0.1, 0.15) is 18.1 Å². The quantitative estimate of drug-likeness (QED) is 0.474. The number of hydrogen-bond donors (Lipinski definition) is 0. The SMILES string of the molecule is Cc1cc(-n2cc[n+](C)c2)cc(C)c1C#N.[I-]. The van der Waals surface area contributed by atoms with Crippen LogP contribution < -0.4 is 28.5 Å². The maximum absolute atomic E-state index is 9.00. The van der Waals surface area contributed by atoms with Gasteiger partial charge >= 0.3 is 0 Å². The molecule has 1 aromatic heterocycles. The Balaban J connectivity index is 0.00000144. The molecule has 17 heavy (non-hydrogen) atoms. The van der Waals surface area contributed by atoms with Crippen LogP contribution in [0.25, 0.3) is 5.69 Å². The topological polar surface area (TPSA) is 32.6 Å². The minimum absolute atomic E-state index is 0. The normalized spacial score (nSPS) is 9.53. The molecule has 0 fully saturated rings. The van der Waals surface area contributed by atoms with Crippen LogP contribution in [0.15, 0.2) is 30.9 Å². The van der Waals surface area contributed by atoms with Crippen LogP contribution in [0.5, 0.6) is 0 Å². The number of nitrogens with zero attached hydrogens (tertiary/aromatic N) is 3. The minimum Gasteiger partial charge on any atom is -1.00 e. The summed E-state index contributed by atoms with van der Waals surface area (Å²) in [6.07, 6.45) is 5.99. The zero-order chi connectivity index (χ0) is 11.7. The van der Waals surface area contributed by atoms with Crippen LogP contribution >= 0.6 is 0 Å². The van der Waals surface area contributed by atoms with Crippen molar-refractivity contribution in [1.82, 2.24) is 4.57 Å². The Labute approximate surface area is 118 Å². The number of aromatic nitrogens is 2. The Kier molecular flexibility index (Phi) is 4.29. The third-order valence-electron chi connectivity index (χ3n) is 2.70. The fraction of sp³-hybridized carbons (Fsp3) is 0.231. The molecule has 2 aromatic rings. The molecular formula is C13H14IN3. The van der Waals surface area contributed by atoms with E-state index in [1.165, 1.54) is 0 Å². The zero-order valence-corrected chi connectivity index (χ0v) is 12.3. The Morgan fingerprint density at radius 3 is 2.24 bits per heavy atom. The Morgan fingerprint density at radius 1 is 1.24 bits per heavy atom. The summed E-state index contributed by atoms with van der Waals surface area (Å²) in [7, 11) is 1.99. The summed E-state index contributed by atoms with van der Waals surface area (Å²) < 4.78 is 4.03. The van der Waals surface area contributed by atoms with Crippen LogP contribution in [0.4, 0.5) is 0 Å². The van der Waals surface area contributed by atoms with Crippen molar-refractivity contribution in [2.75, 3.05) is 0 Å². The third kappa shape index (κ3) is 2.67. The molecule has 1 aromatic carbocycles. The van der Waals surface area contributed by atoms with Crippen molar-refractivity contribution in [3.05, 3.63) is 47.5 Å². The fourth-order valence-corrected chi connectivity index (χ4v) is 1.87. The van der Waals surface area contributed by atoms with Gasteiger partial charge in [0.2, 0.25) is 6.33 Å². The molecule has 0 bridgehead atoms. The second kappa shape index (κ2) is 5.32. The number of hydrogen-bond acceptors (Lipinski definition) is 1. The van der Waals surface area contributed by atoms with Gasteiger partial charge in [-0.1, -0.05) is 0 Å². The number of nitriles is 1. The molecule has 0 radical (unpaired) electrons. The van der Waals surface area contributed by atoms with E-state index in [9.17, 15) is 0 Å². The van der Waals surface area contributed by atoms with Crippen LogP contribution in [-0.2, 0) is 7.05 Å². The lowest BCUT2D eigenvalue weighted by atomic mass is 10.0. The molecule has 0 aliphatic heterocycles. The van der Waals surface area contributed by atoms with Crippen molar-refractivity contribution < 1.29 is 28.5 Å². The number of aryl methyl sites for hydroxylation is 3. The van der Waals surface area contributed by atoms with Gasteiger partial charge in [-0.3, -0.25) is 0 Å². The Morgan fingerprint density at radius 2 is 1.82 bits per heavy atom. The van der Waals surface area contributed by atoms with Gasteiger partial charge in [-0.2, -0.15) is 5.26 Å². The second-order valence-corrected chi connectivity index (χ2v) is 4.05. The second-order valence-electron chi connectivity index (χ2n) is 4.05. The smallest absolute Gasteiger partial charge is 0.248 e. The largest absolute Gasteiger partial charge is 1.00 e. The van der Waals surface area contributed by atoms with Gasteiger partial charge in [-0.05, 0) is 37.1 Å². The van der Waals surface area contributed by atoms with Gasteiger partial charge < -0.3 is 24.0 Å². The molecule has 0 saturated carbocycles. The molecule has 3 nitrogen and oxygen atoms in total. The average Bonchev–Trinajstić information content (AvgIpc) is 2.64. The lowest BCUT2D eigenvalue weighted by Gasteiger charge is -2.04. The third-order valence-corrected chi connectivity index (χ3v) is 2.70. The van der Waals surface area contributed by atoms with Gasteiger partial charge in [-0.25, -0.2) is 9.13 Å². The first-order chi connectivity index (χ1) is 7.61. The highest BCUT2D eigenvalue weighted by Gasteiger charge is 2.09. The minimum atomic E-state index is 0. The lowest BCUT2D eigenvalue weighted by molar-refractivity contribution is -0.670. The van der Waals surface area contributed by atoms with Crippen molar-refractivity contribution in [2.24, 2.45) is 7.05 Å². The van der Waals surface area contributed by atoms with E-state index in [1.54, 1.807) is 0 Å². The molecule has 0 aliphatic rings. The van der Waals surface area contributed by atoms with Crippen molar-refractivity contribution in [3.63, 3.8) is 0 Å². The van der Waals surface area contributed by atoms with E-state index in [2.05, 4.69) is 6.07 Å². The lowest BCUT2D eigenvalue weighted by Crippen LogP contribution is -3.00. The summed E-state index contributed by atoms with van der Waals surface area (Å²) in [5, 5.41) is 9.00. The van der Waals surface area contributed by atoms with Crippen molar-refractivity contribution >= 4 is 0 Å². The fourth-order valence-electron chi connectivity index (χ4n) is 1.87. The monoisotopic (exact) mass is 339 g/mol. The van der Waals surface area contributed by atoms with Gasteiger partial charge in [0, 0.05) is 0 Å². The van der Waals surface area contributed by atoms with E-state index in [1.807, 2.05) is 60.9 Å². The number of benzene rings is 1. The molecule has 0 N–H and O–H groups in total. The zero-order valence-electron chi connectivity index (χ0n) is 10.1. The standard InChI is InChI=1S/C13H14N3.HI/c1-10-6-12(7-11(2)13(10)8-14)16-5-4-15(3)9-16;/h4-7,9H,1-3H3;1H/q+1;/p-1. The first-order valence-corrected chi connectivity index (χ1v) is 5.17. The highest BCUT2D eigenvalue weighted by molar-refractivity contribution is 5.50. The highest BCUT2D eigenvalue weighted by atomic mass is 127. The van der Waals surface area contributed by atoms with E-state index in [4.69, 9.17) is 5.26 Å². The maximum atomic E-state index is 9.00. The van der Waals surface area contributed by atoms with E-state index in [0.717, 1.165) is 22.4 Å². The molecule has 4 heteroatoms. The predicted octanol–water partition coefficient (Wildman–Crippen LogP) is -1.21. The summed E-state index contributed by atoms with van der Waals surface area (Å²) in [5.74, 6) is 0. The van der Waals surface area contributed by atoms with E-state index in [0.29, 0.717) is 0 Å². The molecule has 0 aliphatic carbocycles. The average molecular weight is 339 g/mol. The first-order valence-electron chi connectivity index (χ1n) is 5.17. The van der Waals surface area contributed by atoms with Crippen LogP contribution in [-0.4, -0.2) is 4.57 Å². The molecule has 2 rings (SSSR count). The molecule has 0 spiro atoms.